The van der Waals surface area contributed by atoms with Crippen molar-refractivity contribution >= 4 is 5.97 Å². The van der Waals surface area contributed by atoms with Crippen molar-refractivity contribution in [2.24, 2.45) is 11.3 Å². The average Bonchev–Trinajstić information content (AvgIpc) is 2.30. The van der Waals surface area contributed by atoms with Crippen molar-refractivity contribution in [1.29, 1.82) is 5.26 Å². The van der Waals surface area contributed by atoms with Crippen molar-refractivity contribution in [3.05, 3.63) is 11.1 Å². The van der Waals surface area contributed by atoms with Gasteiger partial charge in [-0.1, -0.05) is 20.8 Å². The maximum Gasteiger partial charge on any atom is 0.348 e. The number of nitrogens with zero attached hydrogens (tertiary/aromatic N) is 1. The number of carbonyl (C=O) groups is 1. The molecule has 1 aliphatic rings. The van der Waals surface area contributed by atoms with Gasteiger partial charge in [0.05, 0.1) is 6.61 Å². The van der Waals surface area contributed by atoms with E-state index in [2.05, 4.69) is 20.8 Å². The van der Waals surface area contributed by atoms with E-state index in [1.54, 1.807) is 6.92 Å². The lowest BCUT2D eigenvalue weighted by Gasteiger charge is -2.34. The van der Waals surface area contributed by atoms with Crippen LogP contribution in [0.2, 0.25) is 0 Å². The van der Waals surface area contributed by atoms with E-state index in [1.807, 2.05) is 6.07 Å². The minimum absolute atomic E-state index is 0.240. The van der Waals surface area contributed by atoms with E-state index in [-0.39, 0.29) is 5.57 Å². The van der Waals surface area contributed by atoms with Gasteiger partial charge in [-0.15, -0.1) is 0 Å². The number of nitriles is 1. The van der Waals surface area contributed by atoms with Gasteiger partial charge in [0.25, 0.3) is 0 Å². The Hall–Kier alpha value is -1.30. The van der Waals surface area contributed by atoms with E-state index < -0.39 is 5.97 Å². The molecule has 0 aliphatic heterocycles. The van der Waals surface area contributed by atoms with Gasteiger partial charge in [-0.3, -0.25) is 0 Å². The van der Waals surface area contributed by atoms with Crippen LogP contribution in [0.15, 0.2) is 11.1 Å². The van der Waals surface area contributed by atoms with E-state index in [9.17, 15) is 4.79 Å². The van der Waals surface area contributed by atoms with Crippen molar-refractivity contribution < 1.29 is 9.53 Å². The molecule has 0 atom stereocenters. The van der Waals surface area contributed by atoms with Crippen molar-refractivity contribution in [1.82, 2.24) is 0 Å². The topological polar surface area (TPSA) is 50.1 Å². The number of hydrogen-bond acceptors (Lipinski definition) is 3. The first-order valence-corrected chi connectivity index (χ1v) is 6.69. The number of hydrogen-bond donors (Lipinski definition) is 0. The Kier molecular flexibility index (Phi) is 4.95. The second kappa shape index (κ2) is 6.04. The van der Waals surface area contributed by atoms with E-state index >= 15 is 0 Å². The molecule has 1 saturated carbocycles. The first-order valence-electron chi connectivity index (χ1n) is 6.69. The highest BCUT2D eigenvalue weighted by atomic mass is 16.5. The summed E-state index contributed by atoms with van der Waals surface area (Å²) in [5.74, 6) is 0.215. The van der Waals surface area contributed by atoms with Gasteiger partial charge in [-0.2, -0.15) is 5.26 Å². The molecular formula is C15H23NO2. The molecule has 0 N–H and O–H groups in total. The number of esters is 1. The fraction of sp³-hybridized carbons (Fsp3) is 0.733. The lowest BCUT2D eigenvalue weighted by atomic mass is 9.71. The number of ether oxygens (including phenoxy) is 1. The molecule has 0 saturated heterocycles. The Morgan fingerprint density at radius 3 is 2.33 bits per heavy atom. The minimum atomic E-state index is -0.454. The second-order valence-corrected chi connectivity index (χ2v) is 5.95. The van der Waals surface area contributed by atoms with Crippen LogP contribution < -0.4 is 0 Å². The lowest BCUT2D eigenvalue weighted by Crippen LogP contribution is -2.24. The molecule has 1 aliphatic carbocycles. The van der Waals surface area contributed by atoms with E-state index in [0.717, 1.165) is 31.3 Å². The Morgan fingerprint density at radius 2 is 1.94 bits per heavy atom. The molecule has 0 radical (unpaired) electrons. The molecule has 3 nitrogen and oxygen atoms in total. The Labute approximate surface area is 110 Å². The van der Waals surface area contributed by atoms with Gasteiger partial charge < -0.3 is 4.74 Å². The zero-order chi connectivity index (χ0) is 13.8. The van der Waals surface area contributed by atoms with Crippen LogP contribution >= 0.6 is 0 Å². The van der Waals surface area contributed by atoms with Gasteiger partial charge >= 0.3 is 5.97 Å². The molecule has 0 aromatic heterocycles. The minimum Gasteiger partial charge on any atom is -0.462 e. The van der Waals surface area contributed by atoms with Crippen LogP contribution in [0.1, 0.15) is 53.4 Å². The molecule has 0 amide bonds. The predicted molar refractivity (Wildman–Crippen MR) is 70.7 cm³/mol. The monoisotopic (exact) mass is 249 g/mol. The van der Waals surface area contributed by atoms with Gasteiger partial charge in [0, 0.05) is 0 Å². The number of carbonyl (C=O) groups excluding carboxylic acids is 1. The molecule has 18 heavy (non-hydrogen) atoms. The standard InChI is InChI=1S/C15H23NO2/c1-5-18-14(17)13(10-16)11-6-8-12(9-7-11)15(2,3)4/h12H,5-9H2,1-4H3. The Bertz CT molecular complexity index is 372. The lowest BCUT2D eigenvalue weighted by molar-refractivity contribution is -0.138. The molecule has 100 valence electrons. The molecule has 0 spiro atoms. The SMILES string of the molecule is CCOC(=O)C(C#N)=C1CCC(C(C)(C)C)CC1. The summed E-state index contributed by atoms with van der Waals surface area (Å²) in [5, 5.41) is 9.09. The van der Waals surface area contributed by atoms with Crippen molar-refractivity contribution in [3.8, 4) is 6.07 Å². The van der Waals surface area contributed by atoms with Gasteiger partial charge in [-0.25, -0.2) is 4.79 Å². The largest absolute Gasteiger partial charge is 0.462 e. The maximum atomic E-state index is 11.6. The van der Waals surface area contributed by atoms with Crippen LogP contribution in [-0.2, 0) is 9.53 Å². The zero-order valence-corrected chi connectivity index (χ0v) is 11.9. The predicted octanol–water partition coefficient (Wildman–Crippen LogP) is 3.61. The first kappa shape index (κ1) is 14.8. The molecule has 0 aromatic rings. The molecular weight excluding hydrogens is 226 g/mol. The van der Waals surface area contributed by atoms with Crippen molar-refractivity contribution in [2.45, 2.75) is 53.4 Å². The highest BCUT2D eigenvalue weighted by Gasteiger charge is 2.29. The van der Waals surface area contributed by atoms with Crippen LogP contribution in [0, 0.1) is 22.7 Å². The third kappa shape index (κ3) is 3.60. The van der Waals surface area contributed by atoms with Gasteiger partial charge in [-0.05, 0) is 49.5 Å². The van der Waals surface area contributed by atoms with E-state index in [4.69, 9.17) is 10.00 Å². The fourth-order valence-corrected chi connectivity index (χ4v) is 2.55. The summed E-state index contributed by atoms with van der Waals surface area (Å²) < 4.78 is 4.92. The van der Waals surface area contributed by atoms with Crippen LogP contribution in [0.25, 0.3) is 0 Å². The third-order valence-corrected chi connectivity index (χ3v) is 3.76. The third-order valence-electron chi connectivity index (χ3n) is 3.76. The normalized spacial score (nSPS) is 20.2. The summed E-state index contributed by atoms with van der Waals surface area (Å²) >= 11 is 0. The summed E-state index contributed by atoms with van der Waals surface area (Å²) in [5.41, 5.74) is 1.53. The number of rotatable bonds is 2. The smallest absolute Gasteiger partial charge is 0.348 e. The molecule has 0 unspecified atom stereocenters. The molecule has 0 aromatic carbocycles. The second-order valence-electron chi connectivity index (χ2n) is 5.95. The summed E-state index contributed by atoms with van der Waals surface area (Å²) in [4.78, 5) is 11.6. The molecule has 1 fully saturated rings. The van der Waals surface area contributed by atoms with E-state index in [0.29, 0.717) is 17.9 Å². The summed E-state index contributed by atoms with van der Waals surface area (Å²) in [6.45, 7) is 8.84. The summed E-state index contributed by atoms with van der Waals surface area (Å²) in [7, 11) is 0. The average molecular weight is 249 g/mol. The molecule has 3 heteroatoms. The van der Waals surface area contributed by atoms with Crippen LogP contribution in [0.3, 0.4) is 0 Å². The van der Waals surface area contributed by atoms with Crippen LogP contribution in [-0.4, -0.2) is 12.6 Å². The first-order chi connectivity index (χ1) is 8.40. The van der Waals surface area contributed by atoms with Crippen LogP contribution in [0.4, 0.5) is 0 Å². The van der Waals surface area contributed by atoms with Crippen molar-refractivity contribution in [3.63, 3.8) is 0 Å². The van der Waals surface area contributed by atoms with Crippen LogP contribution in [0.5, 0.6) is 0 Å². The maximum absolute atomic E-state index is 11.6. The highest BCUT2D eigenvalue weighted by Crippen LogP contribution is 2.40. The van der Waals surface area contributed by atoms with Gasteiger partial charge in [0.1, 0.15) is 11.6 Å². The fourth-order valence-electron chi connectivity index (χ4n) is 2.55. The van der Waals surface area contributed by atoms with Gasteiger partial charge in [0.15, 0.2) is 0 Å². The Morgan fingerprint density at radius 1 is 1.39 bits per heavy atom. The van der Waals surface area contributed by atoms with Crippen molar-refractivity contribution in [2.75, 3.05) is 6.61 Å². The Balaban J connectivity index is 2.76. The van der Waals surface area contributed by atoms with E-state index in [1.165, 1.54) is 0 Å². The summed E-state index contributed by atoms with van der Waals surface area (Å²) in [6.07, 6.45) is 3.82. The van der Waals surface area contributed by atoms with Gasteiger partial charge in [0.2, 0.25) is 0 Å². The highest BCUT2D eigenvalue weighted by molar-refractivity contribution is 5.93. The summed E-state index contributed by atoms with van der Waals surface area (Å²) in [6, 6.07) is 2.02. The zero-order valence-electron chi connectivity index (χ0n) is 11.9. The molecule has 0 bridgehead atoms. The molecule has 0 heterocycles. The quantitative estimate of drug-likeness (QED) is 0.427. The molecule has 1 rings (SSSR count). The number of allylic oxidation sites excluding steroid dienone is 1.